The Morgan fingerprint density at radius 3 is 2.63 bits per heavy atom. The number of nitrogens with one attached hydrogen (secondary N) is 1. The first-order valence-electron chi connectivity index (χ1n) is 5.80. The summed E-state index contributed by atoms with van der Waals surface area (Å²) in [6.07, 6.45) is 0.985. The van der Waals surface area contributed by atoms with E-state index in [1.807, 2.05) is 0 Å². The van der Waals surface area contributed by atoms with Crippen LogP contribution in [-0.4, -0.2) is 19.0 Å². The molecule has 1 N–H and O–H groups in total. The van der Waals surface area contributed by atoms with Gasteiger partial charge in [-0.1, -0.05) is 29.3 Å². The first kappa shape index (κ1) is 15.8. The molecular formula is C13H15Cl2NO3. The molecule has 0 fully saturated rings. The Bertz CT molecular complexity index is 463. The zero-order chi connectivity index (χ0) is 14.3. The zero-order valence-electron chi connectivity index (χ0n) is 10.5. The normalized spacial score (nSPS) is 10.1. The van der Waals surface area contributed by atoms with Crippen LogP contribution in [0.1, 0.15) is 24.8 Å². The minimum absolute atomic E-state index is 0.130. The van der Waals surface area contributed by atoms with E-state index in [-0.39, 0.29) is 24.7 Å². The van der Waals surface area contributed by atoms with Crippen LogP contribution in [0.2, 0.25) is 10.0 Å². The number of ether oxygens (including phenoxy) is 1. The van der Waals surface area contributed by atoms with Gasteiger partial charge in [-0.2, -0.15) is 0 Å². The first-order chi connectivity index (χ1) is 9.02. The minimum atomic E-state index is -0.312. The van der Waals surface area contributed by atoms with Gasteiger partial charge in [0.1, 0.15) is 0 Å². The molecule has 0 atom stereocenters. The highest BCUT2D eigenvalue weighted by Gasteiger charge is 2.06. The molecule has 1 rings (SSSR count). The molecule has 0 aromatic heterocycles. The third kappa shape index (κ3) is 5.94. The maximum atomic E-state index is 11.5. The summed E-state index contributed by atoms with van der Waals surface area (Å²) in [5, 5.41) is 3.80. The predicted octanol–water partition coefficient (Wildman–Crippen LogP) is 2.95. The first-order valence-corrected chi connectivity index (χ1v) is 6.56. The summed E-state index contributed by atoms with van der Waals surface area (Å²) in [6.45, 7) is 0.340. The van der Waals surface area contributed by atoms with Crippen molar-refractivity contribution in [3.8, 4) is 0 Å². The van der Waals surface area contributed by atoms with Crippen molar-refractivity contribution < 1.29 is 14.3 Å². The Hall–Kier alpha value is -1.26. The highest BCUT2D eigenvalue weighted by Crippen LogP contribution is 2.20. The smallest absolute Gasteiger partial charge is 0.305 e. The molecule has 1 amide bonds. The Morgan fingerprint density at radius 1 is 1.26 bits per heavy atom. The van der Waals surface area contributed by atoms with Crippen LogP contribution < -0.4 is 5.32 Å². The molecule has 0 aliphatic carbocycles. The quantitative estimate of drug-likeness (QED) is 0.822. The van der Waals surface area contributed by atoms with Crippen LogP contribution in [-0.2, 0) is 20.9 Å². The number of esters is 1. The van der Waals surface area contributed by atoms with Crippen LogP contribution in [0.5, 0.6) is 0 Å². The van der Waals surface area contributed by atoms with Crippen molar-refractivity contribution >= 4 is 35.1 Å². The van der Waals surface area contributed by atoms with Gasteiger partial charge >= 0.3 is 5.97 Å². The van der Waals surface area contributed by atoms with E-state index >= 15 is 0 Å². The van der Waals surface area contributed by atoms with Gasteiger partial charge in [0.25, 0.3) is 0 Å². The molecule has 1 aromatic carbocycles. The molecule has 0 aliphatic heterocycles. The lowest BCUT2D eigenvalue weighted by Gasteiger charge is -2.07. The number of halogens is 2. The Balaban J connectivity index is 2.32. The largest absolute Gasteiger partial charge is 0.469 e. The highest BCUT2D eigenvalue weighted by molar-refractivity contribution is 6.35. The fourth-order valence-electron chi connectivity index (χ4n) is 1.44. The predicted molar refractivity (Wildman–Crippen MR) is 74.2 cm³/mol. The summed E-state index contributed by atoms with van der Waals surface area (Å²) >= 11 is 11.8. The van der Waals surface area contributed by atoms with E-state index in [1.54, 1.807) is 18.2 Å². The van der Waals surface area contributed by atoms with Crippen molar-refractivity contribution in [2.45, 2.75) is 25.8 Å². The van der Waals surface area contributed by atoms with Gasteiger partial charge in [-0.3, -0.25) is 9.59 Å². The number of amides is 1. The maximum absolute atomic E-state index is 11.5. The van der Waals surface area contributed by atoms with Crippen molar-refractivity contribution in [2.24, 2.45) is 0 Å². The van der Waals surface area contributed by atoms with Gasteiger partial charge in [0.05, 0.1) is 7.11 Å². The van der Waals surface area contributed by atoms with Gasteiger partial charge < -0.3 is 10.1 Å². The van der Waals surface area contributed by atoms with Gasteiger partial charge in [0.2, 0.25) is 5.91 Å². The van der Waals surface area contributed by atoms with Crippen molar-refractivity contribution in [1.29, 1.82) is 0 Å². The molecule has 19 heavy (non-hydrogen) atoms. The Kier molecular flexibility index (Phi) is 6.67. The van der Waals surface area contributed by atoms with Crippen molar-refractivity contribution in [3.63, 3.8) is 0 Å². The van der Waals surface area contributed by atoms with Crippen LogP contribution in [0.15, 0.2) is 18.2 Å². The molecule has 0 saturated heterocycles. The van der Waals surface area contributed by atoms with Gasteiger partial charge in [-0.05, 0) is 24.1 Å². The summed E-state index contributed by atoms with van der Waals surface area (Å²) in [7, 11) is 1.32. The molecular weight excluding hydrogens is 289 g/mol. The van der Waals surface area contributed by atoms with E-state index < -0.39 is 0 Å². The third-order valence-electron chi connectivity index (χ3n) is 2.50. The van der Waals surface area contributed by atoms with Crippen molar-refractivity contribution in [1.82, 2.24) is 5.32 Å². The van der Waals surface area contributed by atoms with Gasteiger partial charge in [-0.25, -0.2) is 0 Å². The van der Waals surface area contributed by atoms with E-state index in [4.69, 9.17) is 23.2 Å². The summed E-state index contributed by atoms with van der Waals surface area (Å²) < 4.78 is 4.49. The van der Waals surface area contributed by atoms with Crippen LogP contribution in [0, 0.1) is 0 Å². The molecule has 1 aromatic rings. The number of carbonyl (C=O) groups excluding carboxylic acids is 2. The van der Waals surface area contributed by atoms with E-state index in [0.717, 1.165) is 5.56 Å². The lowest BCUT2D eigenvalue weighted by molar-refractivity contribution is -0.140. The second-order valence-electron chi connectivity index (χ2n) is 3.94. The maximum Gasteiger partial charge on any atom is 0.305 e. The Labute approximate surface area is 122 Å². The van der Waals surface area contributed by atoms with E-state index in [2.05, 4.69) is 10.1 Å². The number of hydrogen-bond acceptors (Lipinski definition) is 3. The monoisotopic (exact) mass is 303 g/mol. The summed E-state index contributed by atoms with van der Waals surface area (Å²) in [5.41, 5.74) is 0.799. The van der Waals surface area contributed by atoms with Crippen molar-refractivity contribution in [2.75, 3.05) is 7.11 Å². The van der Waals surface area contributed by atoms with E-state index in [1.165, 1.54) is 7.11 Å². The molecule has 4 nitrogen and oxygen atoms in total. The average Bonchev–Trinajstić information content (AvgIpc) is 2.37. The molecule has 0 aliphatic rings. The number of rotatable bonds is 6. The number of methoxy groups -OCH3 is 1. The van der Waals surface area contributed by atoms with Crippen molar-refractivity contribution in [3.05, 3.63) is 33.8 Å². The minimum Gasteiger partial charge on any atom is -0.469 e. The van der Waals surface area contributed by atoms with Crippen LogP contribution in [0.25, 0.3) is 0 Å². The SMILES string of the molecule is COC(=O)CCCC(=O)NCc1ccc(Cl)cc1Cl. The number of hydrogen-bond donors (Lipinski definition) is 1. The molecule has 0 spiro atoms. The van der Waals surface area contributed by atoms with Crippen LogP contribution in [0.3, 0.4) is 0 Å². The molecule has 0 saturated carbocycles. The highest BCUT2D eigenvalue weighted by atomic mass is 35.5. The molecule has 0 unspecified atom stereocenters. The van der Waals surface area contributed by atoms with Crippen LogP contribution >= 0.6 is 23.2 Å². The van der Waals surface area contributed by atoms with Gasteiger partial charge in [0.15, 0.2) is 0 Å². The average molecular weight is 304 g/mol. The fourth-order valence-corrected chi connectivity index (χ4v) is 1.92. The second kappa shape index (κ2) is 8.02. The lowest BCUT2D eigenvalue weighted by Crippen LogP contribution is -2.22. The third-order valence-corrected chi connectivity index (χ3v) is 3.09. The van der Waals surface area contributed by atoms with Crippen LogP contribution in [0.4, 0.5) is 0 Å². The molecule has 0 bridgehead atoms. The lowest BCUT2D eigenvalue weighted by atomic mass is 10.2. The molecule has 6 heteroatoms. The Morgan fingerprint density at radius 2 is 2.00 bits per heavy atom. The molecule has 0 heterocycles. The summed E-state index contributed by atoms with van der Waals surface area (Å²) in [6, 6.07) is 5.10. The standard InChI is InChI=1S/C13H15Cl2NO3/c1-19-13(18)4-2-3-12(17)16-8-9-5-6-10(14)7-11(9)15/h5-7H,2-4,8H2,1H3,(H,16,17). The summed E-state index contributed by atoms with van der Waals surface area (Å²) in [4.78, 5) is 22.4. The molecule has 0 radical (unpaired) electrons. The van der Waals surface area contributed by atoms with E-state index in [0.29, 0.717) is 23.0 Å². The fraction of sp³-hybridized carbons (Fsp3) is 0.385. The second-order valence-corrected chi connectivity index (χ2v) is 4.79. The zero-order valence-corrected chi connectivity index (χ0v) is 12.1. The number of benzene rings is 1. The van der Waals surface area contributed by atoms with Gasteiger partial charge in [0, 0.05) is 29.4 Å². The van der Waals surface area contributed by atoms with E-state index in [9.17, 15) is 9.59 Å². The van der Waals surface area contributed by atoms with Gasteiger partial charge in [-0.15, -0.1) is 0 Å². The summed E-state index contributed by atoms with van der Waals surface area (Å²) in [5.74, 6) is -0.441. The number of carbonyl (C=O) groups is 2. The molecule has 104 valence electrons. The topological polar surface area (TPSA) is 55.4 Å².